The zero-order valence-corrected chi connectivity index (χ0v) is 18.7. The van der Waals surface area contributed by atoms with E-state index in [1.807, 2.05) is 0 Å². The molecule has 1 atom stereocenters. The minimum Gasteiger partial charge on any atom is -0.465 e. The van der Waals surface area contributed by atoms with Crippen LogP contribution in [0, 0.1) is 5.82 Å². The van der Waals surface area contributed by atoms with Gasteiger partial charge in [0.15, 0.2) is 5.72 Å². The molecule has 2 heterocycles. The van der Waals surface area contributed by atoms with Gasteiger partial charge in [-0.3, -0.25) is 14.6 Å². The lowest BCUT2D eigenvalue weighted by Crippen LogP contribution is -2.45. The van der Waals surface area contributed by atoms with Crippen LogP contribution >= 0.6 is 15.9 Å². The van der Waals surface area contributed by atoms with Crippen molar-refractivity contribution in [2.75, 3.05) is 16.8 Å². The monoisotopic (exact) mass is 510 g/mol. The number of nitrogens with zero attached hydrogens (tertiary/aromatic N) is 3. The molecule has 2 amide bonds. The number of nitrogens with one attached hydrogen (secondary N) is 1. The summed E-state index contributed by atoms with van der Waals surface area (Å²) in [6, 6.07) is 15.4. The van der Waals surface area contributed by atoms with Crippen molar-refractivity contribution in [2.24, 2.45) is 0 Å². The van der Waals surface area contributed by atoms with Crippen LogP contribution in [-0.4, -0.2) is 39.2 Å². The van der Waals surface area contributed by atoms with Crippen molar-refractivity contribution >= 4 is 50.6 Å². The Bertz CT molecular complexity index is 1460. The number of H-pyrrole nitrogens is 1. The van der Waals surface area contributed by atoms with Crippen LogP contribution in [0.15, 0.2) is 65.1 Å². The van der Waals surface area contributed by atoms with E-state index >= 15 is 0 Å². The van der Waals surface area contributed by atoms with Gasteiger partial charge in [-0.05, 0) is 36.4 Å². The molecule has 1 aliphatic rings. The lowest BCUT2D eigenvalue weighted by atomic mass is 9.93. The number of rotatable bonds is 3. The normalized spacial score (nSPS) is 17.5. The fourth-order valence-corrected chi connectivity index (χ4v) is 4.39. The predicted octanol–water partition coefficient (Wildman–Crippen LogP) is 4.43. The first-order valence-electron chi connectivity index (χ1n) is 9.80. The minimum atomic E-state index is -2.03. The molecule has 1 unspecified atom stereocenters. The molecule has 0 radical (unpaired) electrons. The summed E-state index contributed by atoms with van der Waals surface area (Å²) < 4.78 is 15.4. The number of amides is 2. The van der Waals surface area contributed by atoms with Gasteiger partial charge >= 0.3 is 6.09 Å². The minimum absolute atomic E-state index is 0.0958. The summed E-state index contributed by atoms with van der Waals surface area (Å²) in [5.41, 5.74) is -0.412. The van der Waals surface area contributed by atoms with Gasteiger partial charge in [-0.15, -0.1) is 0 Å². The zero-order chi connectivity index (χ0) is 23.5. The second kappa shape index (κ2) is 7.39. The van der Waals surface area contributed by atoms with Gasteiger partial charge in [0, 0.05) is 28.2 Å². The summed E-state index contributed by atoms with van der Waals surface area (Å²) in [7, 11) is 1.35. The quantitative estimate of drug-likeness (QED) is 0.377. The SMILES string of the molecule is CN(C(=O)O)c1nc2cc(C3(O)c4ccccc4C(=O)N3c3cc(Br)ccc3F)ccc2[nH]1. The second-order valence-electron chi connectivity index (χ2n) is 7.59. The number of carboxylic acid groups (broad SMARTS) is 1. The third-order valence-corrected chi connectivity index (χ3v) is 6.18. The number of benzene rings is 3. The summed E-state index contributed by atoms with van der Waals surface area (Å²) in [5.74, 6) is -1.14. The number of aromatic amines is 1. The number of carbonyl (C=O) groups is 2. The fourth-order valence-electron chi connectivity index (χ4n) is 4.05. The second-order valence-corrected chi connectivity index (χ2v) is 8.50. The van der Waals surface area contributed by atoms with Gasteiger partial charge < -0.3 is 15.2 Å². The molecule has 3 N–H and O–H groups in total. The van der Waals surface area contributed by atoms with E-state index in [0.29, 0.717) is 21.1 Å². The molecule has 0 bridgehead atoms. The summed E-state index contributed by atoms with van der Waals surface area (Å²) in [4.78, 5) is 33.8. The maximum Gasteiger partial charge on any atom is 0.413 e. The zero-order valence-electron chi connectivity index (χ0n) is 17.1. The molecular formula is C23H16BrFN4O4. The summed E-state index contributed by atoms with van der Waals surface area (Å²) in [5, 5.41) is 21.3. The Morgan fingerprint density at radius 3 is 2.70 bits per heavy atom. The van der Waals surface area contributed by atoms with Crippen LogP contribution in [0.25, 0.3) is 11.0 Å². The highest BCUT2D eigenvalue weighted by atomic mass is 79.9. The van der Waals surface area contributed by atoms with E-state index in [9.17, 15) is 24.2 Å². The smallest absolute Gasteiger partial charge is 0.413 e. The maximum atomic E-state index is 14.9. The molecule has 0 saturated heterocycles. The highest BCUT2D eigenvalue weighted by Gasteiger charge is 2.51. The summed E-state index contributed by atoms with van der Waals surface area (Å²) in [6.45, 7) is 0. The van der Waals surface area contributed by atoms with E-state index in [0.717, 1.165) is 9.80 Å². The number of hydrogen-bond acceptors (Lipinski definition) is 4. The molecule has 0 aliphatic carbocycles. The molecule has 33 heavy (non-hydrogen) atoms. The number of carbonyl (C=O) groups excluding carboxylic acids is 1. The summed E-state index contributed by atoms with van der Waals surface area (Å²) >= 11 is 3.30. The van der Waals surface area contributed by atoms with Crippen molar-refractivity contribution in [1.29, 1.82) is 0 Å². The molecule has 1 aromatic heterocycles. The van der Waals surface area contributed by atoms with Crippen LogP contribution in [0.5, 0.6) is 0 Å². The number of halogens is 2. The largest absolute Gasteiger partial charge is 0.465 e. The highest BCUT2D eigenvalue weighted by Crippen LogP contribution is 2.46. The van der Waals surface area contributed by atoms with Crippen LogP contribution in [0.3, 0.4) is 0 Å². The van der Waals surface area contributed by atoms with Crippen molar-refractivity contribution in [2.45, 2.75) is 5.72 Å². The third-order valence-electron chi connectivity index (χ3n) is 5.69. The number of fused-ring (bicyclic) bond motifs is 2. The van der Waals surface area contributed by atoms with E-state index in [4.69, 9.17) is 0 Å². The number of aromatic nitrogens is 2. The van der Waals surface area contributed by atoms with Crippen molar-refractivity contribution < 1.29 is 24.2 Å². The number of hydrogen-bond donors (Lipinski definition) is 3. The molecule has 1 aliphatic heterocycles. The Labute approximate surface area is 195 Å². The van der Waals surface area contributed by atoms with Crippen LogP contribution in [-0.2, 0) is 5.72 Å². The molecule has 3 aromatic carbocycles. The first-order valence-corrected chi connectivity index (χ1v) is 10.6. The predicted molar refractivity (Wildman–Crippen MR) is 123 cm³/mol. The standard InChI is InChI=1S/C23H16BrFN4O4/c1-28(22(31)32)21-26-17-9-6-12(10-18(17)27-21)23(33)15-5-3-2-4-14(15)20(30)29(23)19-11-13(24)7-8-16(19)25/h2-11,33H,1H3,(H,26,27)(H,31,32). The van der Waals surface area contributed by atoms with E-state index in [1.165, 1.54) is 25.2 Å². The Hall–Kier alpha value is -3.76. The first kappa shape index (κ1) is 21.1. The van der Waals surface area contributed by atoms with Crippen molar-refractivity contribution in [3.63, 3.8) is 0 Å². The Balaban J connectivity index is 1.74. The van der Waals surface area contributed by atoms with Crippen LogP contribution in [0.1, 0.15) is 21.5 Å². The van der Waals surface area contributed by atoms with Gasteiger partial charge in [-0.2, -0.15) is 0 Å². The molecule has 166 valence electrons. The molecule has 0 fully saturated rings. The Kier molecular flexibility index (Phi) is 4.73. The van der Waals surface area contributed by atoms with Gasteiger partial charge in [0.25, 0.3) is 5.91 Å². The molecule has 4 aromatic rings. The molecule has 0 spiro atoms. The van der Waals surface area contributed by atoms with Crippen molar-refractivity contribution in [3.05, 3.63) is 87.6 Å². The maximum absolute atomic E-state index is 14.9. The molecule has 10 heteroatoms. The van der Waals surface area contributed by atoms with Gasteiger partial charge in [-0.25, -0.2) is 14.2 Å². The Morgan fingerprint density at radius 2 is 1.94 bits per heavy atom. The molecular weight excluding hydrogens is 495 g/mol. The lowest BCUT2D eigenvalue weighted by molar-refractivity contribution is 0.0699. The topological polar surface area (TPSA) is 110 Å². The Morgan fingerprint density at radius 1 is 1.18 bits per heavy atom. The van der Waals surface area contributed by atoms with Gasteiger partial charge in [0.1, 0.15) is 5.82 Å². The van der Waals surface area contributed by atoms with E-state index in [1.54, 1.807) is 42.5 Å². The van der Waals surface area contributed by atoms with Crippen LogP contribution in [0.2, 0.25) is 0 Å². The van der Waals surface area contributed by atoms with E-state index in [-0.39, 0.29) is 22.8 Å². The molecule has 0 saturated carbocycles. The number of anilines is 2. The van der Waals surface area contributed by atoms with Crippen molar-refractivity contribution in [3.8, 4) is 0 Å². The van der Waals surface area contributed by atoms with Gasteiger partial charge in [0.05, 0.1) is 16.7 Å². The summed E-state index contributed by atoms with van der Waals surface area (Å²) in [6.07, 6.45) is -1.19. The van der Waals surface area contributed by atoms with Crippen LogP contribution in [0.4, 0.5) is 20.8 Å². The third kappa shape index (κ3) is 3.10. The highest BCUT2D eigenvalue weighted by molar-refractivity contribution is 9.10. The number of imidazole rings is 1. The average molecular weight is 511 g/mol. The van der Waals surface area contributed by atoms with E-state index in [2.05, 4.69) is 25.9 Å². The van der Waals surface area contributed by atoms with Gasteiger partial charge in [-0.1, -0.05) is 40.2 Å². The van der Waals surface area contributed by atoms with Crippen LogP contribution < -0.4 is 9.80 Å². The number of aliphatic hydroxyl groups is 1. The fraction of sp³-hybridized carbons (Fsp3) is 0.0870. The van der Waals surface area contributed by atoms with Crippen molar-refractivity contribution in [1.82, 2.24) is 9.97 Å². The van der Waals surface area contributed by atoms with E-state index < -0.39 is 23.5 Å². The first-order chi connectivity index (χ1) is 15.7. The molecule has 5 rings (SSSR count). The van der Waals surface area contributed by atoms with Gasteiger partial charge in [0.2, 0.25) is 5.95 Å². The molecule has 8 nitrogen and oxygen atoms in total. The average Bonchev–Trinajstić information content (AvgIpc) is 3.32. The lowest BCUT2D eigenvalue weighted by Gasteiger charge is -2.35.